The molecule has 7 nitrogen and oxygen atoms in total. The third-order valence-electron chi connectivity index (χ3n) is 4.05. The Labute approximate surface area is 132 Å². The molecule has 1 aliphatic rings. The second kappa shape index (κ2) is 6.29. The van der Waals surface area contributed by atoms with E-state index in [0.717, 1.165) is 16.5 Å². The van der Waals surface area contributed by atoms with Crippen LogP contribution >= 0.6 is 0 Å². The summed E-state index contributed by atoms with van der Waals surface area (Å²) in [6.45, 7) is 0.682. The van der Waals surface area contributed by atoms with Crippen molar-refractivity contribution in [1.29, 1.82) is 0 Å². The molecule has 0 unspecified atom stereocenters. The number of carboxylic acids is 1. The monoisotopic (exact) mass is 318 g/mol. The number of hydrogen-bond acceptors (Lipinski definition) is 4. The number of carbonyl (C=O) groups excluding carboxylic acids is 1. The van der Waals surface area contributed by atoms with Crippen molar-refractivity contribution in [3.63, 3.8) is 0 Å². The predicted molar refractivity (Wildman–Crippen MR) is 82.5 cm³/mol. The van der Waals surface area contributed by atoms with Crippen LogP contribution in [0.3, 0.4) is 0 Å². The van der Waals surface area contributed by atoms with Crippen LogP contribution in [-0.4, -0.2) is 59.8 Å². The quantitative estimate of drug-likeness (QED) is 0.878. The highest BCUT2D eigenvalue weighted by molar-refractivity contribution is 5.91. The lowest BCUT2D eigenvalue weighted by atomic mass is 10.1. The smallest absolute Gasteiger partial charge is 0.328 e. The number of morpholine rings is 1. The maximum Gasteiger partial charge on any atom is 0.328 e. The van der Waals surface area contributed by atoms with Crippen molar-refractivity contribution in [2.24, 2.45) is 0 Å². The molecule has 0 aliphatic carbocycles. The third kappa shape index (κ3) is 3.00. The van der Waals surface area contributed by atoms with Crippen molar-refractivity contribution in [3.05, 3.63) is 30.0 Å². The van der Waals surface area contributed by atoms with Gasteiger partial charge in [0.25, 0.3) is 0 Å². The fourth-order valence-corrected chi connectivity index (χ4v) is 2.80. The van der Waals surface area contributed by atoms with Crippen LogP contribution < -0.4 is 4.74 Å². The fraction of sp³-hybridized carbons (Fsp3) is 0.375. The van der Waals surface area contributed by atoms with Crippen LogP contribution in [0.2, 0.25) is 0 Å². The van der Waals surface area contributed by atoms with Crippen molar-refractivity contribution >= 4 is 22.8 Å². The number of amides is 1. The lowest BCUT2D eigenvalue weighted by molar-refractivity contribution is -0.157. The number of benzene rings is 1. The molecular weight excluding hydrogens is 300 g/mol. The summed E-state index contributed by atoms with van der Waals surface area (Å²) >= 11 is 0. The standard InChI is InChI=1S/C16H18N2O5/c1-22-11-2-3-13-12(7-11)10(8-17-13)6-15(19)18-4-5-23-9-14(18)16(20)21/h2-3,7-8,14,17H,4-6,9H2,1H3,(H,20,21)/t14-/m1/s1. The van der Waals surface area contributed by atoms with Crippen molar-refractivity contribution in [3.8, 4) is 5.75 Å². The molecule has 1 saturated heterocycles. The number of nitrogens with one attached hydrogen (secondary N) is 1. The van der Waals surface area contributed by atoms with Crippen molar-refractivity contribution in [2.75, 3.05) is 26.9 Å². The van der Waals surface area contributed by atoms with Crippen LogP contribution in [0.15, 0.2) is 24.4 Å². The highest BCUT2D eigenvalue weighted by Gasteiger charge is 2.32. The summed E-state index contributed by atoms with van der Waals surface area (Å²) in [5.74, 6) is -0.552. The first-order chi connectivity index (χ1) is 11.1. The number of carboxylic acid groups (broad SMARTS) is 1. The molecule has 1 aromatic carbocycles. The van der Waals surface area contributed by atoms with Gasteiger partial charge in [-0.1, -0.05) is 0 Å². The number of rotatable bonds is 4. The Hall–Kier alpha value is -2.54. The Balaban J connectivity index is 1.83. The summed E-state index contributed by atoms with van der Waals surface area (Å²) in [5, 5.41) is 10.1. The molecule has 1 atom stereocenters. The molecule has 2 heterocycles. The second-order valence-corrected chi connectivity index (χ2v) is 5.42. The van der Waals surface area contributed by atoms with E-state index in [1.165, 1.54) is 4.90 Å². The normalized spacial score (nSPS) is 18.1. The van der Waals surface area contributed by atoms with Crippen LogP contribution in [0.25, 0.3) is 10.9 Å². The number of H-pyrrole nitrogens is 1. The molecule has 0 saturated carbocycles. The minimum atomic E-state index is -1.04. The summed E-state index contributed by atoms with van der Waals surface area (Å²) in [7, 11) is 1.59. The lowest BCUT2D eigenvalue weighted by Gasteiger charge is -2.32. The van der Waals surface area contributed by atoms with Gasteiger partial charge in [0.2, 0.25) is 5.91 Å². The zero-order valence-corrected chi connectivity index (χ0v) is 12.7. The molecule has 1 amide bonds. The summed E-state index contributed by atoms with van der Waals surface area (Å²) in [5.41, 5.74) is 1.73. The summed E-state index contributed by atoms with van der Waals surface area (Å²) in [4.78, 5) is 28.3. The number of nitrogens with zero attached hydrogens (tertiary/aromatic N) is 1. The molecule has 1 aromatic heterocycles. The van der Waals surface area contributed by atoms with Crippen LogP contribution in [0.4, 0.5) is 0 Å². The SMILES string of the molecule is COc1ccc2[nH]cc(CC(=O)N3CCOC[C@@H]3C(=O)O)c2c1. The van der Waals surface area contributed by atoms with Crippen LogP contribution in [0, 0.1) is 0 Å². The molecule has 2 N–H and O–H groups in total. The van der Waals surface area contributed by atoms with Gasteiger partial charge in [-0.05, 0) is 23.8 Å². The molecule has 2 aromatic rings. The van der Waals surface area contributed by atoms with Gasteiger partial charge >= 0.3 is 5.97 Å². The van der Waals surface area contributed by atoms with Gasteiger partial charge in [0.05, 0.1) is 26.7 Å². The average Bonchev–Trinajstić information content (AvgIpc) is 2.96. The molecule has 0 spiro atoms. The average molecular weight is 318 g/mol. The molecule has 122 valence electrons. The zero-order chi connectivity index (χ0) is 16.4. The number of hydrogen-bond donors (Lipinski definition) is 2. The topological polar surface area (TPSA) is 91.9 Å². The Morgan fingerprint density at radius 2 is 2.30 bits per heavy atom. The summed E-state index contributed by atoms with van der Waals surface area (Å²) in [6, 6.07) is 4.67. The number of aromatic nitrogens is 1. The van der Waals surface area contributed by atoms with E-state index in [1.807, 2.05) is 18.2 Å². The Morgan fingerprint density at radius 3 is 3.04 bits per heavy atom. The van der Waals surface area contributed by atoms with Crippen molar-refractivity contribution in [2.45, 2.75) is 12.5 Å². The number of carbonyl (C=O) groups is 2. The van der Waals surface area contributed by atoms with Gasteiger partial charge in [-0.2, -0.15) is 0 Å². The minimum Gasteiger partial charge on any atom is -0.497 e. The summed E-state index contributed by atoms with van der Waals surface area (Å²) in [6.07, 6.45) is 1.91. The molecule has 3 rings (SSSR count). The van der Waals surface area contributed by atoms with E-state index in [4.69, 9.17) is 9.47 Å². The minimum absolute atomic E-state index is 0.0305. The summed E-state index contributed by atoms with van der Waals surface area (Å²) < 4.78 is 10.4. The number of aromatic amines is 1. The van der Waals surface area contributed by atoms with Crippen LogP contribution in [-0.2, 0) is 20.7 Å². The largest absolute Gasteiger partial charge is 0.497 e. The molecule has 1 fully saturated rings. The number of ether oxygens (including phenoxy) is 2. The first kappa shape index (κ1) is 15.4. The van der Waals surface area contributed by atoms with Gasteiger partial charge in [-0.15, -0.1) is 0 Å². The van der Waals surface area contributed by atoms with E-state index >= 15 is 0 Å². The van der Waals surface area contributed by atoms with Crippen LogP contribution in [0.5, 0.6) is 5.75 Å². The fourth-order valence-electron chi connectivity index (χ4n) is 2.80. The van der Waals surface area contributed by atoms with E-state index in [-0.39, 0.29) is 18.9 Å². The first-order valence-electron chi connectivity index (χ1n) is 7.34. The van der Waals surface area contributed by atoms with Crippen molar-refractivity contribution < 1.29 is 24.2 Å². The molecule has 0 radical (unpaired) electrons. The van der Waals surface area contributed by atoms with E-state index in [9.17, 15) is 14.7 Å². The maximum atomic E-state index is 12.5. The molecule has 0 bridgehead atoms. The van der Waals surface area contributed by atoms with E-state index < -0.39 is 12.0 Å². The third-order valence-corrected chi connectivity index (χ3v) is 4.05. The maximum absolute atomic E-state index is 12.5. The predicted octanol–water partition coefficient (Wildman–Crippen LogP) is 1.03. The molecular formula is C16H18N2O5. The molecule has 23 heavy (non-hydrogen) atoms. The zero-order valence-electron chi connectivity index (χ0n) is 12.7. The highest BCUT2D eigenvalue weighted by atomic mass is 16.5. The van der Waals surface area contributed by atoms with Gasteiger partial charge in [0, 0.05) is 23.6 Å². The van der Waals surface area contributed by atoms with Gasteiger partial charge in [0.1, 0.15) is 5.75 Å². The molecule has 7 heteroatoms. The Morgan fingerprint density at radius 1 is 1.48 bits per heavy atom. The van der Waals surface area contributed by atoms with E-state index in [0.29, 0.717) is 18.9 Å². The van der Waals surface area contributed by atoms with Gasteiger partial charge < -0.3 is 24.5 Å². The van der Waals surface area contributed by atoms with E-state index in [1.54, 1.807) is 13.3 Å². The second-order valence-electron chi connectivity index (χ2n) is 5.42. The van der Waals surface area contributed by atoms with E-state index in [2.05, 4.69) is 4.98 Å². The highest BCUT2D eigenvalue weighted by Crippen LogP contribution is 2.24. The lowest BCUT2D eigenvalue weighted by Crippen LogP contribution is -2.53. The Kier molecular flexibility index (Phi) is 4.20. The van der Waals surface area contributed by atoms with Crippen molar-refractivity contribution in [1.82, 2.24) is 9.88 Å². The number of aliphatic carboxylic acids is 1. The van der Waals surface area contributed by atoms with Gasteiger partial charge in [-0.25, -0.2) is 4.79 Å². The van der Waals surface area contributed by atoms with Gasteiger partial charge in [0.15, 0.2) is 6.04 Å². The van der Waals surface area contributed by atoms with Crippen LogP contribution in [0.1, 0.15) is 5.56 Å². The first-order valence-corrected chi connectivity index (χ1v) is 7.34. The van der Waals surface area contributed by atoms with Gasteiger partial charge in [-0.3, -0.25) is 4.79 Å². The number of fused-ring (bicyclic) bond motifs is 1. The number of methoxy groups -OCH3 is 1. The Bertz CT molecular complexity index is 739. The molecule has 1 aliphatic heterocycles.